The second-order valence-corrected chi connectivity index (χ2v) is 11.9. The molecule has 1 amide bonds. The summed E-state index contributed by atoms with van der Waals surface area (Å²) in [6.07, 6.45) is 0.456. The molecule has 0 fully saturated rings. The minimum absolute atomic E-state index is 0.0269. The molecule has 1 aromatic rings. The normalized spacial score (nSPS) is 23.2. The number of nitrogens with one attached hydrogen (secondary N) is 1. The Balaban J connectivity index is 2.11. The van der Waals surface area contributed by atoms with Gasteiger partial charge in [0.2, 0.25) is 5.91 Å². The number of nitrogens with two attached hydrogens (primary N) is 1. The van der Waals surface area contributed by atoms with E-state index in [2.05, 4.69) is 26.1 Å². The number of primary amides is 1. The molecule has 38 heavy (non-hydrogen) atoms. The van der Waals surface area contributed by atoms with Crippen molar-refractivity contribution in [3.8, 4) is 5.75 Å². The number of fused-ring (bicyclic) bond motifs is 2. The molecule has 0 aliphatic heterocycles. The van der Waals surface area contributed by atoms with Crippen LogP contribution in [0.4, 0.5) is 5.69 Å². The fraction of sp³-hybridized carbons (Fsp3) is 0.607. The van der Waals surface area contributed by atoms with Crippen molar-refractivity contribution in [1.29, 1.82) is 0 Å². The first kappa shape index (κ1) is 29.6. The number of aromatic hydroxyl groups is 1. The number of Topliss-reactive ketones (excluding diaryl/α,β-unsaturated/α-hetero) is 2. The molecular formula is C28H41N3O7. The lowest BCUT2D eigenvalue weighted by Crippen LogP contribution is -2.54. The average Bonchev–Trinajstić information content (AvgIpc) is 2.79. The summed E-state index contributed by atoms with van der Waals surface area (Å²) in [5, 5.41) is 46.8. The van der Waals surface area contributed by atoms with Crippen LogP contribution in [0.3, 0.4) is 0 Å². The number of hydrogen-bond acceptors (Lipinski definition) is 9. The molecule has 3 rings (SSSR count). The van der Waals surface area contributed by atoms with E-state index < -0.39 is 47.1 Å². The molecule has 0 spiro atoms. The smallest absolute Gasteiger partial charge is 0.225 e. The SMILES string of the molecule is CN(C)c1cc(CNCCC(C)(C)C)c(O)c2c1C[C@H]1C[C@@H](CCO)[C@@](O)(C(=O)CC(N)=O)C(O)=C1C2=O. The molecule has 0 saturated heterocycles. The lowest BCUT2D eigenvalue weighted by Gasteiger charge is -2.44. The predicted octanol–water partition coefficient (Wildman–Crippen LogP) is 1.73. The molecule has 210 valence electrons. The molecule has 10 nitrogen and oxygen atoms in total. The number of amides is 1. The number of ketones is 2. The summed E-state index contributed by atoms with van der Waals surface area (Å²) in [5.41, 5.74) is 4.54. The Morgan fingerprint density at radius 3 is 2.45 bits per heavy atom. The van der Waals surface area contributed by atoms with Gasteiger partial charge in [-0.05, 0) is 55.2 Å². The van der Waals surface area contributed by atoms with Gasteiger partial charge in [-0.1, -0.05) is 20.8 Å². The highest BCUT2D eigenvalue weighted by atomic mass is 16.3. The van der Waals surface area contributed by atoms with Crippen LogP contribution >= 0.6 is 0 Å². The maximum absolute atomic E-state index is 13.9. The third kappa shape index (κ3) is 5.57. The molecule has 0 unspecified atom stereocenters. The summed E-state index contributed by atoms with van der Waals surface area (Å²) < 4.78 is 0. The Kier molecular flexibility index (Phi) is 8.60. The monoisotopic (exact) mass is 531 g/mol. The van der Waals surface area contributed by atoms with E-state index in [0.717, 1.165) is 12.1 Å². The fourth-order valence-electron chi connectivity index (χ4n) is 5.64. The molecule has 0 heterocycles. The molecule has 2 aliphatic carbocycles. The number of aliphatic hydroxyl groups excluding tert-OH is 2. The number of phenols is 1. The molecule has 0 radical (unpaired) electrons. The van der Waals surface area contributed by atoms with E-state index in [9.17, 15) is 34.8 Å². The Bertz CT molecular complexity index is 1150. The number of allylic oxidation sites excluding steroid dienone is 1. The summed E-state index contributed by atoms with van der Waals surface area (Å²) in [5.74, 6) is -5.19. The van der Waals surface area contributed by atoms with E-state index in [1.54, 1.807) is 0 Å². The van der Waals surface area contributed by atoms with Gasteiger partial charge in [-0.25, -0.2) is 0 Å². The Morgan fingerprint density at radius 1 is 1.24 bits per heavy atom. The standard InChI is InChI=1S/C28H41N3O7/c1-27(2,3)7-8-30-14-16-12-19(31(4)5)18-11-15-10-17(6-9-32)28(38,20(33)13-21(29)34)26(37)22(15)25(36)23(18)24(16)35/h12,15,17,30,32,35,37-38H,6-11,13-14H2,1-5H3,(H2,29,34)/t15-,17-,28-/m1/s1. The largest absolute Gasteiger partial charge is 0.508 e. The third-order valence-electron chi connectivity index (χ3n) is 7.66. The van der Waals surface area contributed by atoms with Crippen molar-refractivity contribution in [2.45, 2.75) is 65.0 Å². The van der Waals surface area contributed by atoms with Crippen LogP contribution in [0, 0.1) is 17.3 Å². The van der Waals surface area contributed by atoms with E-state index in [-0.39, 0.29) is 48.2 Å². The van der Waals surface area contributed by atoms with Crippen LogP contribution in [-0.4, -0.2) is 70.7 Å². The number of aliphatic hydroxyl groups is 3. The molecule has 0 aromatic heterocycles. The van der Waals surface area contributed by atoms with Gasteiger partial charge >= 0.3 is 0 Å². The predicted molar refractivity (Wildman–Crippen MR) is 143 cm³/mol. The summed E-state index contributed by atoms with van der Waals surface area (Å²) in [7, 11) is 3.68. The quantitative estimate of drug-likeness (QED) is 0.194. The van der Waals surface area contributed by atoms with Crippen molar-refractivity contribution < 1.29 is 34.8 Å². The van der Waals surface area contributed by atoms with Crippen LogP contribution in [0.2, 0.25) is 0 Å². The highest BCUT2D eigenvalue weighted by Gasteiger charge is 2.55. The van der Waals surface area contributed by atoms with Crippen LogP contribution < -0.4 is 16.0 Å². The van der Waals surface area contributed by atoms with E-state index in [0.29, 0.717) is 24.2 Å². The zero-order valence-corrected chi connectivity index (χ0v) is 22.9. The molecule has 0 saturated carbocycles. The van der Waals surface area contributed by atoms with Gasteiger partial charge in [-0.15, -0.1) is 0 Å². The molecule has 10 heteroatoms. The second-order valence-electron chi connectivity index (χ2n) is 11.9. The second kappa shape index (κ2) is 11.0. The van der Waals surface area contributed by atoms with Gasteiger partial charge in [0.15, 0.2) is 17.2 Å². The minimum atomic E-state index is -2.54. The molecule has 7 N–H and O–H groups in total. The molecule has 2 aliphatic rings. The Hall–Kier alpha value is -2.95. The first-order chi connectivity index (χ1) is 17.6. The van der Waals surface area contributed by atoms with E-state index in [1.165, 1.54) is 0 Å². The van der Waals surface area contributed by atoms with Crippen molar-refractivity contribution >= 4 is 23.2 Å². The number of carbonyl (C=O) groups is 3. The summed E-state index contributed by atoms with van der Waals surface area (Å²) >= 11 is 0. The number of rotatable bonds is 10. The number of nitrogens with zero attached hydrogens (tertiary/aromatic N) is 1. The van der Waals surface area contributed by atoms with E-state index in [4.69, 9.17) is 5.73 Å². The highest BCUT2D eigenvalue weighted by molar-refractivity contribution is 6.15. The third-order valence-corrected chi connectivity index (χ3v) is 7.66. The number of hydrogen-bond donors (Lipinski definition) is 6. The van der Waals surface area contributed by atoms with E-state index >= 15 is 0 Å². The Morgan fingerprint density at radius 2 is 1.89 bits per heavy atom. The van der Waals surface area contributed by atoms with Crippen molar-refractivity contribution in [2.75, 3.05) is 32.1 Å². The zero-order chi connectivity index (χ0) is 28.6. The highest BCUT2D eigenvalue weighted by Crippen LogP contribution is 2.50. The van der Waals surface area contributed by atoms with Gasteiger partial charge in [0.05, 0.1) is 12.0 Å². The average molecular weight is 532 g/mol. The summed E-state index contributed by atoms with van der Waals surface area (Å²) in [6, 6.07) is 1.85. The van der Waals surface area contributed by atoms with Crippen LogP contribution in [-0.2, 0) is 22.6 Å². The van der Waals surface area contributed by atoms with Crippen LogP contribution in [0.15, 0.2) is 17.4 Å². The van der Waals surface area contributed by atoms with Crippen molar-refractivity contribution in [1.82, 2.24) is 5.32 Å². The Labute approximate surface area is 223 Å². The molecule has 1 aromatic carbocycles. The number of anilines is 1. The summed E-state index contributed by atoms with van der Waals surface area (Å²) in [4.78, 5) is 40.1. The first-order valence-corrected chi connectivity index (χ1v) is 13.0. The van der Waals surface area contributed by atoms with Crippen molar-refractivity contribution in [2.24, 2.45) is 23.0 Å². The van der Waals surface area contributed by atoms with Gasteiger partial charge < -0.3 is 36.4 Å². The maximum atomic E-state index is 13.9. The van der Waals surface area contributed by atoms with Gasteiger partial charge in [0.25, 0.3) is 0 Å². The van der Waals surface area contributed by atoms with Gasteiger partial charge in [0.1, 0.15) is 11.5 Å². The lowest BCUT2D eigenvalue weighted by atomic mass is 9.62. The van der Waals surface area contributed by atoms with Gasteiger partial charge in [0, 0.05) is 50.0 Å². The summed E-state index contributed by atoms with van der Waals surface area (Å²) in [6.45, 7) is 7.06. The fourth-order valence-corrected chi connectivity index (χ4v) is 5.64. The van der Waals surface area contributed by atoms with Crippen LogP contribution in [0.1, 0.15) is 67.9 Å². The van der Waals surface area contributed by atoms with Crippen molar-refractivity contribution in [3.05, 3.63) is 34.1 Å². The maximum Gasteiger partial charge on any atom is 0.225 e. The van der Waals surface area contributed by atoms with Gasteiger partial charge in [-0.3, -0.25) is 14.4 Å². The van der Waals surface area contributed by atoms with Gasteiger partial charge in [-0.2, -0.15) is 0 Å². The topological polar surface area (TPSA) is 173 Å². The number of carbonyl (C=O) groups excluding carboxylic acids is 3. The zero-order valence-electron chi connectivity index (χ0n) is 22.9. The molecule has 3 atom stereocenters. The molecular weight excluding hydrogens is 490 g/mol. The number of phenolic OH excluding ortho intramolecular Hbond substituents is 1. The van der Waals surface area contributed by atoms with Crippen LogP contribution in [0.5, 0.6) is 5.75 Å². The minimum Gasteiger partial charge on any atom is -0.508 e. The van der Waals surface area contributed by atoms with E-state index in [1.807, 2.05) is 25.1 Å². The number of benzene rings is 1. The molecule has 0 bridgehead atoms. The van der Waals surface area contributed by atoms with Crippen molar-refractivity contribution in [3.63, 3.8) is 0 Å². The van der Waals surface area contributed by atoms with Crippen LogP contribution in [0.25, 0.3) is 0 Å². The lowest BCUT2D eigenvalue weighted by molar-refractivity contribution is -0.147. The first-order valence-electron chi connectivity index (χ1n) is 13.0.